The van der Waals surface area contributed by atoms with Gasteiger partial charge >= 0.3 is 0 Å². The molecule has 2 aromatic rings. The van der Waals surface area contributed by atoms with E-state index in [1.807, 2.05) is 27.9 Å². The molecule has 1 aromatic heterocycles. The van der Waals surface area contributed by atoms with E-state index in [-0.39, 0.29) is 23.5 Å². The van der Waals surface area contributed by atoms with Crippen LogP contribution in [0.15, 0.2) is 47.1 Å². The molecule has 0 spiro atoms. The molecule has 0 aliphatic carbocycles. The summed E-state index contributed by atoms with van der Waals surface area (Å²) in [6.07, 6.45) is 3.16. The Hall–Kier alpha value is -2.76. The van der Waals surface area contributed by atoms with Crippen LogP contribution in [0, 0.1) is 5.92 Å². The highest BCUT2D eigenvalue weighted by Gasteiger charge is 2.25. The second-order valence-corrected chi connectivity index (χ2v) is 7.13. The molecule has 2 N–H and O–H groups in total. The van der Waals surface area contributed by atoms with Crippen LogP contribution >= 0.6 is 0 Å². The van der Waals surface area contributed by atoms with E-state index in [0.717, 1.165) is 12.8 Å². The second-order valence-electron chi connectivity index (χ2n) is 7.13. The highest BCUT2D eigenvalue weighted by Crippen LogP contribution is 2.13. The lowest BCUT2D eigenvalue weighted by atomic mass is 10.0. The Balaban J connectivity index is 1.79. The normalized spacial score (nSPS) is 11.9. The smallest absolute Gasteiger partial charge is 0.287 e. The summed E-state index contributed by atoms with van der Waals surface area (Å²) in [5.41, 5.74) is 2.40. The largest absolute Gasteiger partial charge is 0.459 e. The second kappa shape index (κ2) is 9.80. The zero-order chi connectivity index (χ0) is 19.8. The first-order valence-corrected chi connectivity index (χ1v) is 9.27. The number of benzene rings is 1. The van der Waals surface area contributed by atoms with Crippen molar-refractivity contribution in [2.24, 2.45) is 5.92 Å². The lowest BCUT2D eigenvalue weighted by Crippen LogP contribution is -2.49. The van der Waals surface area contributed by atoms with Gasteiger partial charge in [0.25, 0.3) is 5.91 Å². The molecule has 2 amide bonds. The fraction of sp³-hybridized carbons (Fsp3) is 0.429. The van der Waals surface area contributed by atoms with Crippen LogP contribution in [0.4, 0.5) is 5.69 Å². The van der Waals surface area contributed by atoms with Crippen molar-refractivity contribution in [2.75, 3.05) is 25.5 Å². The van der Waals surface area contributed by atoms with Gasteiger partial charge < -0.3 is 20.0 Å². The van der Waals surface area contributed by atoms with Gasteiger partial charge in [0, 0.05) is 26.3 Å². The van der Waals surface area contributed by atoms with Gasteiger partial charge in [-0.25, -0.2) is 0 Å². The molecule has 1 aromatic carbocycles. The summed E-state index contributed by atoms with van der Waals surface area (Å²) < 4.78 is 5.08. The molecule has 1 atom stereocenters. The number of nitrogens with zero attached hydrogens (tertiary/aromatic N) is 1. The van der Waals surface area contributed by atoms with Gasteiger partial charge in [0.1, 0.15) is 6.04 Å². The molecule has 2 rings (SSSR count). The fourth-order valence-electron chi connectivity index (χ4n) is 2.73. The molecule has 0 aliphatic rings. The molecule has 0 saturated heterocycles. The van der Waals surface area contributed by atoms with E-state index in [1.54, 1.807) is 12.1 Å². The van der Waals surface area contributed by atoms with Crippen LogP contribution in [-0.2, 0) is 11.2 Å². The maximum Gasteiger partial charge on any atom is 0.287 e. The lowest BCUT2D eigenvalue weighted by molar-refractivity contribution is -0.123. The van der Waals surface area contributed by atoms with E-state index in [0.29, 0.717) is 6.54 Å². The van der Waals surface area contributed by atoms with Crippen LogP contribution < -0.4 is 15.5 Å². The first kappa shape index (κ1) is 20.6. The summed E-state index contributed by atoms with van der Waals surface area (Å²) in [6, 6.07) is 11.0. The molecule has 1 heterocycles. The van der Waals surface area contributed by atoms with Gasteiger partial charge in [-0.15, -0.1) is 0 Å². The molecule has 146 valence electrons. The highest BCUT2D eigenvalue weighted by atomic mass is 16.3. The third kappa shape index (κ3) is 6.16. The van der Waals surface area contributed by atoms with Crippen molar-refractivity contribution in [1.82, 2.24) is 10.6 Å². The van der Waals surface area contributed by atoms with Gasteiger partial charge in [-0.3, -0.25) is 9.59 Å². The number of furan rings is 1. The maximum atomic E-state index is 12.5. The molecule has 1 unspecified atom stereocenters. The summed E-state index contributed by atoms with van der Waals surface area (Å²) >= 11 is 0. The van der Waals surface area contributed by atoms with E-state index in [4.69, 9.17) is 4.42 Å². The Morgan fingerprint density at radius 1 is 1.11 bits per heavy atom. The van der Waals surface area contributed by atoms with Gasteiger partial charge in [-0.2, -0.15) is 0 Å². The fourth-order valence-corrected chi connectivity index (χ4v) is 2.73. The minimum absolute atomic E-state index is 0.0255. The van der Waals surface area contributed by atoms with Crippen LogP contribution in [0.5, 0.6) is 0 Å². The number of rotatable bonds is 9. The molecule has 0 saturated carbocycles. The van der Waals surface area contributed by atoms with Gasteiger partial charge in [0.15, 0.2) is 5.76 Å². The van der Waals surface area contributed by atoms with Gasteiger partial charge in [0.05, 0.1) is 6.26 Å². The SMILES string of the molecule is CC(C)C(NC(=O)c1ccco1)C(=O)NCCCc1ccc(N(C)C)cc1. The van der Waals surface area contributed by atoms with Crippen LogP contribution in [-0.4, -0.2) is 38.5 Å². The Kier molecular flexibility index (Phi) is 7.46. The minimum Gasteiger partial charge on any atom is -0.459 e. The molecule has 6 nitrogen and oxygen atoms in total. The molecule has 0 fully saturated rings. The maximum absolute atomic E-state index is 12.5. The molecule has 0 radical (unpaired) electrons. The number of anilines is 1. The predicted octanol–water partition coefficient (Wildman–Crippen LogP) is 2.85. The molecular weight excluding hydrogens is 342 g/mol. The first-order chi connectivity index (χ1) is 12.9. The van der Waals surface area contributed by atoms with Crippen LogP contribution in [0.2, 0.25) is 0 Å². The number of nitrogens with one attached hydrogen (secondary N) is 2. The lowest BCUT2D eigenvalue weighted by Gasteiger charge is -2.21. The zero-order valence-electron chi connectivity index (χ0n) is 16.5. The number of carbonyl (C=O) groups excluding carboxylic acids is 2. The van der Waals surface area contributed by atoms with Crippen molar-refractivity contribution < 1.29 is 14.0 Å². The van der Waals surface area contributed by atoms with Gasteiger partial charge in [0.2, 0.25) is 5.91 Å². The molecule has 6 heteroatoms. The number of aryl methyl sites for hydroxylation is 1. The standard InChI is InChI=1S/C21H29N3O3/c1-15(2)19(23-20(25)18-8-6-14-27-18)21(26)22-13-5-7-16-9-11-17(12-10-16)24(3)4/h6,8-12,14-15,19H,5,7,13H2,1-4H3,(H,22,26)(H,23,25). The van der Waals surface area contributed by atoms with Crippen LogP contribution in [0.25, 0.3) is 0 Å². The summed E-state index contributed by atoms with van der Waals surface area (Å²) in [4.78, 5) is 26.6. The molecule has 0 bridgehead atoms. The monoisotopic (exact) mass is 371 g/mol. The Bertz CT molecular complexity index is 722. The van der Waals surface area contributed by atoms with Crippen molar-refractivity contribution in [3.63, 3.8) is 0 Å². The topological polar surface area (TPSA) is 74.6 Å². The highest BCUT2D eigenvalue weighted by molar-refractivity contribution is 5.95. The molecule has 27 heavy (non-hydrogen) atoms. The van der Waals surface area contributed by atoms with E-state index >= 15 is 0 Å². The Labute approximate surface area is 160 Å². The molecule has 0 aliphatic heterocycles. The number of hydrogen-bond donors (Lipinski definition) is 2. The first-order valence-electron chi connectivity index (χ1n) is 9.27. The predicted molar refractivity (Wildman–Crippen MR) is 107 cm³/mol. The van der Waals surface area contributed by atoms with E-state index in [9.17, 15) is 9.59 Å². The van der Waals surface area contributed by atoms with Crippen molar-refractivity contribution in [2.45, 2.75) is 32.7 Å². The quantitative estimate of drug-likeness (QED) is 0.665. The Morgan fingerprint density at radius 2 is 1.81 bits per heavy atom. The zero-order valence-corrected chi connectivity index (χ0v) is 16.5. The average molecular weight is 371 g/mol. The Morgan fingerprint density at radius 3 is 2.37 bits per heavy atom. The van der Waals surface area contributed by atoms with Crippen molar-refractivity contribution in [3.05, 3.63) is 54.0 Å². The van der Waals surface area contributed by atoms with E-state index < -0.39 is 6.04 Å². The summed E-state index contributed by atoms with van der Waals surface area (Å²) in [6.45, 7) is 4.37. The van der Waals surface area contributed by atoms with Crippen molar-refractivity contribution in [1.29, 1.82) is 0 Å². The number of hydrogen-bond acceptors (Lipinski definition) is 4. The third-order valence-electron chi connectivity index (χ3n) is 4.37. The van der Waals surface area contributed by atoms with Gasteiger partial charge in [-0.1, -0.05) is 26.0 Å². The third-order valence-corrected chi connectivity index (χ3v) is 4.37. The number of amides is 2. The van der Waals surface area contributed by atoms with Gasteiger partial charge in [-0.05, 0) is 48.6 Å². The average Bonchev–Trinajstić information content (AvgIpc) is 3.18. The summed E-state index contributed by atoms with van der Waals surface area (Å²) in [5, 5.41) is 5.67. The van der Waals surface area contributed by atoms with Crippen molar-refractivity contribution in [3.8, 4) is 0 Å². The van der Waals surface area contributed by atoms with Crippen molar-refractivity contribution >= 4 is 17.5 Å². The summed E-state index contributed by atoms with van der Waals surface area (Å²) in [5.74, 6) is -0.375. The minimum atomic E-state index is -0.595. The summed E-state index contributed by atoms with van der Waals surface area (Å²) in [7, 11) is 4.03. The molecular formula is C21H29N3O3. The van der Waals surface area contributed by atoms with Crippen LogP contribution in [0.1, 0.15) is 36.4 Å². The van der Waals surface area contributed by atoms with E-state index in [2.05, 4.69) is 39.8 Å². The number of carbonyl (C=O) groups is 2. The van der Waals surface area contributed by atoms with E-state index in [1.165, 1.54) is 17.5 Å². The van der Waals surface area contributed by atoms with Crippen LogP contribution in [0.3, 0.4) is 0 Å².